The number of hydrazine groups is 1. The number of aliphatic hydroxyl groups excluding tert-OH is 1. The molecule has 0 aliphatic carbocycles. The summed E-state index contributed by atoms with van der Waals surface area (Å²) in [5.74, 6) is -0.474. The standard InChI is InChI=1S/C15H19N5O2/c16-14(22)10-5-9-3-4-19(15(9)17-8-10)18-20-11-1-2-12(20)7-13(21)6-11/h3-5,8,11-13,18,21H,1-2,6-7H2,(H2,16,22). The van der Waals surface area contributed by atoms with E-state index in [1.54, 1.807) is 6.07 Å². The zero-order valence-electron chi connectivity index (χ0n) is 12.1. The van der Waals surface area contributed by atoms with Gasteiger partial charge in [0.2, 0.25) is 5.91 Å². The van der Waals surface area contributed by atoms with Gasteiger partial charge in [-0.05, 0) is 37.8 Å². The van der Waals surface area contributed by atoms with Gasteiger partial charge in [0.1, 0.15) is 0 Å². The van der Waals surface area contributed by atoms with Gasteiger partial charge in [0.15, 0.2) is 5.65 Å². The quantitative estimate of drug-likeness (QED) is 0.770. The number of carbonyl (C=O) groups is 1. The highest BCUT2D eigenvalue weighted by atomic mass is 16.3. The number of carbonyl (C=O) groups excluding carboxylic acids is 1. The molecule has 2 saturated heterocycles. The number of pyridine rings is 1. The van der Waals surface area contributed by atoms with Crippen LogP contribution in [0.1, 0.15) is 36.0 Å². The second kappa shape index (κ2) is 4.96. The Labute approximate surface area is 127 Å². The van der Waals surface area contributed by atoms with Gasteiger partial charge in [-0.1, -0.05) is 0 Å². The maximum absolute atomic E-state index is 11.2. The summed E-state index contributed by atoms with van der Waals surface area (Å²) in [5.41, 5.74) is 9.85. The van der Waals surface area contributed by atoms with Gasteiger partial charge in [0, 0.05) is 29.9 Å². The van der Waals surface area contributed by atoms with Crippen molar-refractivity contribution in [1.29, 1.82) is 0 Å². The minimum Gasteiger partial charge on any atom is -0.393 e. The van der Waals surface area contributed by atoms with Gasteiger partial charge in [0.05, 0.1) is 11.7 Å². The van der Waals surface area contributed by atoms with Crippen LogP contribution >= 0.6 is 0 Å². The third-order valence-electron chi connectivity index (χ3n) is 4.74. The highest BCUT2D eigenvalue weighted by Gasteiger charge is 2.40. The van der Waals surface area contributed by atoms with Gasteiger partial charge < -0.3 is 10.8 Å². The summed E-state index contributed by atoms with van der Waals surface area (Å²) in [6.07, 6.45) is 7.03. The first-order chi connectivity index (χ1) is 10.6. The van der Waals surface area contributed by atoms with E-state index < -0.39 is 5.91 Å². The topological polar surface area (TPSA) is 96.4 Å². The molecule has 7 heteroatoms. The lowest BCUT2D eigenvalue weighted by Crippen LogP contribution is -2.50. The number of amides is 1. The number of aliphatic hydroxyl groups is 1. The van der Waals surface area contributed by atoms with Crippen molar-refractivity contribution in [3.63, 3.8) is 0 Å². The number of rotatable bonds is 3. The molecule has 2 aliphatic heterocycles. The number of fused-ring (bicyclic) bond motifs is 3. The van der Waals surface area contributed by atoms with Crippen molar-refractivity contribution in [2.45, 2.75) is 43.9 Å². The van der Waals surface area contributed by atoms with E-state index in [4.69, 9.17) is 5.73 Å². The van der Waals surface area contributed by atoms with Gasteiger partial charge in [0.25, 0.3) is 0 Å². The molecule has 2 fully saturated rings. The number of primary amides is 1. The zero-order valence-corrected chi connectivity index (χ0v) is 12.1. The molecule has 0 aromatic carbocycles. The van der Waals surface area contributed by atoms with E-state index in [2.05, 4.69) is 15.5 Å². The first-order valence-corrected chi connectivity index (χ1v) is 7.62. The molecule has 2 atom stereocenters. The third kappa shape index (κ3) is 2.13. The van der Waals surface area contributed by atoms with Crippen LogP contribution in [0.4, 0.5) is 0 Å². The Balaban J connectivity index is 1.61. The summed E-state index contributed by atoms with van der Waals surface area (Å²) >= 11 is 0. The van der Waals surface area contributed by atoms with E-state index in [-0.39, 0.29) is 6.10 Å². The molecule has 1 amide bonds. The van der Waals surface area contributed by atoms with E-state index in [1.165, 1.54) is 6.20 Å². The molecule has 7 nitrogen and oxygen atoms in total. The van der Waals surface area contributed by atoms with Crippen molar-refractivity contribution in [3.8, 4) is 0 Å². The molecule has 0 saturated carbocycles. The van der Waals surface area contributed by atoms with Crippen LogP contribution in [0.15, 0.2) is 24.5 Å². The smallest absolute Gasteiger partial charge is 0.250 e. The second-order valence-electron chi connectivity index (χ2n) is 6.20. The monoisotopic (exact) mass is 301 g/mol. The van der Waals surface area contributed by atoms with Crippen LogP contribution < -0.4 is 11.3 Å². The summed E-state index contributed by atoms with van der Waals surface area (Å²) in [5, 5.41) is 13.0. The predicted octanol–water partition coefficient (Wildman–Crippen LogP) is 0.581. The van der Waals surface area contributed by atoms with Crippen molar-refractivity contribution in [3.05, 3.63) is 30.1 Å². The van der Waals surface area contributed by atoms with Crippen LogP contribution in [0.2, 0.25) is 0 Å². The summed E-state index contributed by atoms with van der Waals surface area (Å²) < 4.78 is 1.86. The normalized spacial score (nSPS) is 28.1. The fourth-order valence-electron chi connectivity index (χ4n) is 3.68. The summed E-state index contributed by atoms with van der Waals surface area (Å²) in [4.78, 5) is 15.6. The van der Waals surface area contributed by atoms with E-state index in [0.717, 1.165) is 36.7 Å². The number of hydrogen-bond acceptors (Lipinski definition) is 5. The van der Waals surface area contributed by atoms with Gasteiger partial charge in [-0.15, -0.1) is 0 Å². The Hall–Kier alpha value is -2.12. The molecule has 4 heterocycles. The van der Waals surface area contributed by atoms with Gasteiger partial charge in [-0.25, -0.2) is 14.7 Å². The Kier molecular flexibility index (Phi) is 3.05. The molecule has 2 bridgehead atoms. The summed E-state index contributed by atoms with van der Waals surface area (Å²) in [7, 11) is 0. The van der Waals surface area contributed by atoms with Crippen molar-refractivity contribution in [2.24, 2.45) is 5.73 Å². The maximum atomic E-state index is 11.2. The van der Waals surface area contributed by atoms with Crippen molar-refractivity contribution in [2.75, 3.05) is 5.53 Å². The lowest BCUT2D eigenvalue weighted by Gasteiger charge is -2.37. The SMILES string of the molecule is NC(=O)c1cnc2c(ccn2NN2C3CCC2CC(O)C3)c1. The Morgan fingerprint density at radius 3 is 2.77 bits per heavy atom. The molecule has 0 radical (unpaired) electrons. The van der Waals surface area contributed by atoms with E-state index in [0.29, 0.717) is 17.6 Å². The van der Waals surface area contributed by atoms with Crippen LogP contribution in [0.3, 0.4) is 0 Å². The van der Waals surface area contributed by atoms with Crippen molar-refractivity contribution >= 4 is 16.9 Å². The fraction of sp³-hybridized carbons (Fsp3) is 0.467. The molecule has 0 spiro atoms. The minimum atomic E-state index is -0.474. The highest BCUT2D eigenvalue weighted by molar-refractivity contribution is 5.95. The van der Waals surface area contributed by atoms with Crippen LogP contribution in [-0.4, -0.2) is 43.9 Å². The Morgan fingerprint density at radius 2 is 2.09 bits per heavy atom. The van der Waals surface area contributed by atoms with Crippen LogP contribution in [0.5, 0.6) is 0 Å². The number of nitrogens with zero attached hydrogens (tertiary/aromatic N) is 3. The average molecular weight is 301 g/mol. The molecule has 22 heavy (non-hydrogen) atoms. The molecule has 4 N–H and O–H groups in total. The van der Waals surface area contributed by atoms with E-state index >= 15 is 0 Å². The highest BCUT2D eigenvalue weighted by Crippen LogP contribution is 2.34. The molecule has 2 unspecified atom stereocenters. The predicted molar refractivity (Wildman–Crippen MR) is 81.5 cm³/mol. The third-order valence-corrected chi connectivity index (χ3v) is 4.74. The summed E-state index contributed by atoms with van der Waals surface area (Å²) in [6.45, 7) is 0. The number of piperidine rings is 1. The van der Waals surface area contributed by atoms with Crippen LogP contribution in [-0.2, 0) is 0 Å². The van der Waals surface area contributed by atoms with Crippen LogP contribution in [0, 0.1) is 0 Å². The summed E-state index contributed by atoms with van der Waals surface area (Å²) in [6, 6.07) is 4.37. The number of hydrogen-bond donors (Lipinski definition) is 3. The molecular formula is C15H19N5O2. The van der Waals surface area contributed by atoms with E-state index in [1.807, 2.05) is 16.9 Å². The van der Waals surface area contributed by atoms with Crippen molar-refractivity contribution in [1.82, 2.24) is 14.7 Å². The Bertz CT molecular complexity index is 714. The molecule has 2 aromatic heterocycles. The van der Waals surface area contributed by atoms with Crippen molar-refractivity contribution < 1.29 is 9.90 Å². The first-order valence-electron chi connectivity index (χ1n) is 7.62. The van der Waals surface area contributed by atoms with Gasteiger partial charge >= 0.3 is 0 Å². The second-order valence-corrected chi connectivity index (χ2v) is 6.20. The largest absolute Gasteiger partial charge is 0.393 e. The number of nitrogens with one attached hydrogen (secondary N) is 1. The lowest BCUT2D eigenvalue weighted by atomic mass is 10.0. The molecular weight excluding hydrogens is 282 g/mol. The van der Waals surface area contributed by atoms with Gasteiger partial charge in [-0.2, -0.15) is 0 Å². The molecule has 116 valence electrons. The zero-order chi connectivity index (χ0) is 15.3. The fourth-order valence-corrected chi connectivity index (χ4v) is 3.68. The molecule has 4 rings (SSSR count). The minimum absolute atomic E-state index is 0.187. The lowest BCUT2D eigenvalue weighted by molar-refractivity contribution is 0.0417. The first kappa shape index (κ1) is 13.5. The maximum Gasteiger partial charge on any atom is 0.250 e. The van der Waals surface area contributed by atoms with Crippen LogP contribution in [0.25, 0.3) is 11.0 Å². The Morgan fingerprint density at radius 1 is 1.36 bits per heavy atom. The van der Waals surface area contributed by atoms with Gasteiger partial charge in [-0.3, -0.25) is 10.3 Å². The molecule has 2 aliphatic rings. The number of nitrogens with two attached hydrogens (primary N) is 1. The average Bonchev–Trinajstić information content (AvgIpc) is 2.99. The van der Waals surface area contributed by atoms with E-state index in [9.17, 15) is 9.90 Å². The molecule has 2 aromatic rings. The number of aromatic nitrogens is 2.